The summed E-state index contributed by atoms with van der Waals surface area (Å²) in [6.07, 6.45) is 2.64. The minimum Gasteiger partial charge on any atom is -0.507 e. The fourth-order valence-corrected chi connectivity index (χ4v) is 2.52. The van der Waals surface area contributed by atoms with Gasteiger partial charge in [0.2, 0.25) is 0 Å². The van der Waals surface area contributed by atoms with Gasteiger partial charge in [0.15, 0.2) is 11.4 Å². The van der Waals surface area contributed by atoms with Crippen LogP contribution < -0.4 is 5.43 Å². The summed E-state index contributed by atoms with van der Waals surface area (Å²) in [5.74, 6) is 0.213. The number of nitrogens with one attached hydrogen (secondary N) is 1. The molecule has 4 aromatic rings. The molecule has 0 spiro atoms. The first-order valence-electron chi connectivity index (χ1n) is 7.52. The molecule has 128 valence electrons. The maximum Gasteiger partial charge on any atom is 0.270 e. The number of nitro benzene ring substituents is 1. The maximum absolute atomic E-state index is 10.8. The highest BCUT2D eigenvalue weighted by Gasteiger charge is 2.12. The molecule has 2 heterocycles. The molecule has 26 heavy (non-hydrogen) atoms. The number of rotatable bonds is 4. The molecule has 4 rings (SSSR count). The summed E-state index contributed by atoms with van der Waals surface area (Å²) < 4.78 is 5.76. The number of benzene rings is 2. The number of furan rings is 1. The topological polar surface area (TPSA) is 127 Å². The normalized spacial score (nSPS) is 11.4. The number of para-hydroxylation sites is 1. The van der Waals surface area contributed by atoms with Crippen molar-refractivity contribution in [3.05, 3.63) is 64.5 Å². The average molecular weight is 349 g/mol. The van der Waals surface area contributed by atoms with Crippen LogP contribution in [-0.4, -0.2) is 26.2 Å². The lowest BCUT2D eigenvalue weighted by Crippen LogP contribution is -1.96. The molecule has 0 atom stereocenters. The maximum atomic E-state index is 10.8. The van der Waals surface area contributed by atoms with E-state index in [1.807, 2.05) is 24.3 Å². The molecule has 0 bridgehead atoms. The molecule has 9 nitrogen and oxygen atoms in total. The van der Waals surface area contributed by atoms with E-state index in [1.54, 1.807) is 0 Å². The third kappa shape index (κ3) is 2.67. The van der Waals surface area contributed by atoms with E-state index in [-0.39, 0.29) is 17.0 Å². The van der Waals surface area contributed by atoms with Crippen molar-refractivity contribution < 1.29 is 14.4 Å². The van der Waals surface area contributed by atoms with Crippen LogP contribution in [0.15, 0.2) is 58.3 Å². The van der Waals surface area contributed by atoms with E-state index in [2.05, 4.69) is 20.5 Å². The molecule has 9 heteroatoms. The lowest BCUT2D eigenvalue weighted by atomic mass is 10.2. The molecule has 0 saturated carbocycles. The van der Waals surface area contributed by atoms with Gasteiger partial charge in [-0.05, 0) is 18.2 Å². The highest BCUT2D eigenvalue weighted by molar-refractivity contribution is 6.05. The number of hydrogen-bond acceptors (Lipinski definition) is 8. The molecule has 0 aliphatic rings. The van der Waals surface area contributed by atoms with Gasteiger partial charge in [0, 0.05) is 23.1 Å². The van der Waals surface area contributed by atoms with E-state index in [4.69, 9.17) is 4.42 Å². The molecule has 0 fully saturated rings. The molecule has 0 aliphatic carbocycles. The van der Waals surface area contributed by atoms with Crippen molar-refractivity contribution in [2.24, 2.45) is 5.10 Å². The van der Waals surface area contributed by atoms with Crippen molar-refractivity contribution in [2.45, 2.75) is 0 Å². The number of non-ortho nitro benzene ring substituents is 1. The number of aromatic nitrogens is 2. The van der Waals surface area contributed by atoms with Crippen LogP contribution in [0.25, 0.3) is 22.1 Å². The van der Waals surface area contributed by atoms with E-state index in [9.17, 15) is 15.2 Å². The van der Waals surface area contributed by atoms with Gasteiger partial charge in [-0.2, -0.15) is 5.10 Å². The molecule has 2 N–H and O–H groups in total. The fourth-order valence-electron chi connectivity index (χ4n) is 2.52. The van der Waals surface area contributed by atoms with Crippen molar-refractivity contribution >= 4 is 39.8 Å². The predicted octanol–water partition coefficient (Wildman–Crippen LogP) is 3.44. The van der Waals surface area contributed by atoms with Crippen molar-refractivity contribution in [3.63, 3.8) is 0 Å². The van der Waals surface area contributed by atoms with Gasteiger partial charge >= 0.3 is 0 Å². The van der Waals surface area contributed by atoms with Crippen LogP contribution in [0.1, 0.15) is 5.56 Å². The van der Waals surface area contributed by atoms with E-state index >= 15 is 0 Å². The zero-order chi connectivity index (χ0) is 18.1. The summed E-state index contributed by atoms with van der Waals surface area (Å²) in [5, 5.41) is 25.5. The Morgan fingerprint density at radius 2 is 2.08 bits per heavy atom. The molecule has 0 amide bonds. The average Bonchev–Trinajstić information content (AvgIpc) is 3.03. The highest BCUT2D eigenvalue weighted by atomic mass is 16.6. The Kier molecular flexibility index (Phi) is 3.66. The number of fused-ring (bicyclic) bond motifs is 3. The van der Waals surface area contributed by atoms with Gasteiger partial charge in [-0.3, -0.25) is 15.5 Å². The van der Waals surface area contributed by atoms with Crippen LogP contribution in [0.5, 0.6) is 5.75 Å². The molecule has 0 unspecified atom stereocenters. The smallest absolute Gasteiger partial charge is 0.270 e. The summed E-state index contributed by atoms with van der Waals surface area (Å²) in [6, 6.07) is 11.1. The summed E-state index contributed by atoms with van der Waals surface area (Å²) >= 11 is 0. The first-order valence-corrected chi connectivity index (χ1v) is 7.52. The molecule has 0 radical (unpaired) electrons. The number of hydrogen-bond donors (Lipinski definition) is 2. The molecular formula is C17H11N5O4. The van der Waals surface area contributed by atoms with Crippen LogP contribution in [-0.2, 0) is 0 Å². The van der Waals surface area contributed by atoms with Crippen molar-refractivity contribution in [3.8, 4) is 5.75 Å². The molecule has 0 saturated heterocycles. The first kappa shape index (κ1) is 15.5. The Balaban J connectivity index is 1.67. The lowest BCUT2D eigenvalue weighted by molar-refractivity contribution is -0.384. The Bertz CT molecular complexity index is 1170. The minimum absolute atomic E-state index is 0.127. The first-order chi connectivity index (χ1) is 12.6. The second-order valence-corrected chi connectivity index (χ2v) is 5.37. The highest BCUT2D eigenvalue weighted by Crippen LogP contribution is 2.30. The summed E-state index contributed by atoms with van der Waals surface area (Å²) in [4.78, 5) is 18.6. The van der Waals surface area contributed by atoms with Gasteiger partial charge < -0.3 is 9.52 Å². The third-order valence-corrected chi connectivity index (χ3v) is 3.75. The molecule has 2 aromatic carbocycles. The van der Waals surface area contributed by atoms with Crippen LogP contribution >= 0.6 is 0 Å². The summed E-state index contributed by atoms with van der Waals surface area (Å²) in [5.41, 5.74) is 4.52. The predicted molar refractivity (Wildman–Crippen MR) is 95.3 cm³/mol. The van der Waals surface area contributed by atoms with Gasteiger partial charge in [-0.25, -0.2) is 9.97 Å². The molecule has 0 aliphatic heterocycles. The zero-order valence-corrected chi connectivity index (χ0v) is 13.2. The van der Waals surface area contributed by atoms with E-state index in [0.717, 1.165) is 5.39 Å². The lowest BCUT2D eigenvalue weighted by Gasteiger charge is -2.00. The largest absolute Gasteiger partial charge is 0.507 e. The number of nitrogens with zero attached hydrogens (tertiary/aromatic N) is 4. The van der Waals surface area contributed by atoms with Gasteiger partial charge in [-0.15, -0.1) is 0 Å². The Labute approximate surface area is 145 Å². The second kappa shape index (κ2) is 6.13. The van der Waals surface area contributed by atoms with Crippen LogP contribution in [0.4, 0.5) is 11.5 Å². The number of nitro groups is 1. The Morgan fingerprint density at radius 3 is 2.92 bits per heavy atom. The number of phenols is 1. The summed E-state index contributed by atoms with van der Waals surface area (Å²) in [7, 11) is 0. The molecular weight excluding hydrogens is 338 g/mol. The van der Waals surface area contributed by atoms with Gasteiger partial charge in [-0.1, -0.05) is 12.1 Å². The third-order valence-electron chi connectivity index (χ3n) is 3.75. The number of aromatic hydroxyl groups is 1. The van der Waals surface area contributed by atoms with Crippen LogP contribution in [0, 0.1) is 10.1 Å². The van der Waals surface area contributed by atoms with Crippen molar-refractivity contribution in [1.82, 2.24) is 9.97 Å². The second-order valence-electron chi connectivity index (χ2n) is 5.37. The standard InChI is InChI=1S/C17H11N5O4/c23-13-6-5-11(22(24)25)7-10(13)8-20-21-17-16-15(18-9-19-17)12-3-1-2-4-14(12)26-16/h1-9,23H,(H,18,19,21)/b20-8+. The SMILES string of the molecule is O=[N+]([O-])c1ccc(O)c(/C=N/Nc2ncnc3c2oc2ccccc23)c1. The number of anilines is 1. The van der Waals surface area contributed by atoms with E-state index in [0.29, 0.717) is 22.5 Å². The summed E-state index contributed by atoms with van der Waals surface area (Å²) in [6.45, 7) is 0. The zero-order valence-electron chi connectivity index (χ0n) is 13.2. The van der Waals surface area contributed by atoms with Gasteiger partial charge in [0.05, 0.1) is 11.1 Å². The van der Waals surface area contributed by atoms with Crippen molar-refractivity contribution in [2.75, 3.05) is 5.43 Å². The van der Waals surface area contributed by atoms with E-state index in [1.165, 1.54) is 30.7 Å². The van der Waals surface area contributed by atoms with Gasteiger partial charge in [0.25, 0.3) is 5.69 Å². The number of phenolic OH excluding ortho intramolecular Hbond substituents is 1. The van der Waals surface area contributed by atoms with Crippen molar-refractivity contribution in [1.29, 1.82) is 0 Å². The van der Waals surface area contributed by atoms with Gasteiger partial charge in [0.1, 0.15) is 23.2 Å². The Morgan fingerprint density at radius 1 is 1.23 bits per heavy atom. The monoisotopic (exact) mass is 349 g/mol. The molecule has 2 aromatic heterocycles. The minimum atomic E-state index is -0.549. The quantitative estimate of drug-likeness (QED) is 0.328. The van der Waals surface area contributed by atoms with Crippen LogP contribution in [0.3, 0.4) is 0 Å². The van der Waals surface area contributed by atoms with E-state index < -0.39 is 4.92 Å². The fraction of sp³-hybridized carbons (Fsp3) is 0. The Hall–Kier alpha value is -4.01. The number of hydrazone groups is 1. The van der Waals surface area contributed by atoms with Crippen LogP contribution in [0.2, 0.25) is 0 Å².